The molecule has 1 aliphatic rings. The lowest BCUT2D eigenvalue weighted by Gasteiger charge is -2.33. The van der Waals surface area contributed by atoms with Crippen molar-refractivity contribution < 1.29 is 4.79 Å². The van der Waals surface area contributed by atoms with E-state index in [0.717, 1.165) is 42.9 Å². The molecule has 0 aromatic carbocycles. The maximum atomic E-state index is 11.4. The number of pyridine rings is 1. The average molecular weight is 310 g/mol. The molecule has 0 saturated carbocycles. The minimum absolute atomic E-state index is 0.0245. The summed E-state index contributed by atoms with van der Waals surface area (Å²) in [4.78, 5) is 19.9. The highest BCUT2D eigenvalue weighted by molar-refractivity contribution is 9.10. The van der Waals surface area contributed by atoms with Gasteiger partial charge in [-0.1, -0.05) is 6.58 Å². The van der Waals surface area contributed by atoms with Crippen LogP contribution in [0, 0.1) is 0 Å². The minimum atomic E-state index is 0.0245. The van der Waals surface area contributed by atoms with Gasteiger partial charge in [0.05, 0.1) is 5.69 Å². The Balaban J connectivity index is 1.85. The first-order chi connectivity index (χ1) is 8.69. The molecular formula is C13H16BrN3O. The molecule has 1 saturated heterocycles. The number of aromatic nitrogens is 1. The topological polar surface area (TPSA) is 36.4 Å². The van der Waals surface area contributed by atoms with Crippen LogP contribution in [0.1, 0.15) is 5.69 Å². The van der Waals surface area contributed by atoms with Crippen LogP contribution in [0.4, 0.5) is 0 Å². The van der Waals surface area contributed by atoms with Crippen molar-refractivity contribution in [1.82, 2.24) is 14.8 Å². The molecule has 0 atom stereocenters. The highest BCUT2D eigenvalue weighted by atomic mass is 79.9. The Morgan fingerprint density at radius 2 is 2.11 bits per heavy atom. The van der Waals surface area contributed by atoms with Gasteiger partial charge in [-0.25, -0.2) is 0 Å². The second-order valence-corrected chi connectivity index (χ2v) is 5.19. The average Bonchev–Trinajstić information content (AvgIpc) is 2.41. The predicted octanol–water partition coefficient (Wildman–Crippen LogP) is 1.67. The second-order valence-electron chi connectivity index (χ2n) is 4.27. The molecule has 1 aromatic rings. The van der Waals surface area contributed by atoms with Crippen molar-refractivity contribution in [2.45, 2.75) is 6.54 Å². The second kappa shape index (κ2) is 6.11. The summed E-state index contributed by atoms with van der Waals surface area (Å²) >= 11 is 3.37. The lowest BCUT2D eigenvalue weighted by Crippen LogP contribution is -2.47. The maximum absolute atomic E-state index is 11.4. The molecule has 18 heavy (non-hydrogen) atoms. The van der Waals surface area contributed by atoms with Crippen molar-refractivity contribution in [2.75, 3.05) is 26.2 Å². The van der Waals surface area contributed by atoms with Crippen LogP contribution < -0.4 is 0 Å². The zero-order valence-corrected chi connectivity index (χ0v) is 11.8. The van der Waals surface area contributed by atoms with E-state index in [1.165, 1.54) is 6.08 Å². The van der Waals surface area contributed by atoms with Gasteiger partial charge in [0.25, 0.3) is 0 Å². The summed E-state index contributed by atoms with van der Waals surface area (Å²) in [6.45, 7) is 7.65. The fraction of sp³-hybridized carbons (Fsp3) is 0.385. The van der Waals surface area contributed by atoms with Gasteiger partial charge in [-0.15, -0.1) is 0 Å². The van der Waals surface area contributed by atoms with Crippen LogP contribution in [0.2, 0.25) is 0 Å². The summed E-state index contributed by atoms with van der Waals surface area (Å²) in [5.74, 6) is 0.0245. The fourth-order valence-corrected chi connectivity index (χ4v) is 2.22. The lowest BCUT2D eigenvalue weighted by molar-refractivity contribution is -0.127. The number of halogens is 1. The van der Waals surface area contributed by atoms with Gasteiger partial charge >= 0.3 is 0 Å². The molecule has 1 aromatic heterocycles. The van der Waals surface area contributed by atoms with Gasteiger partial charge in [0.15, 0.2) is 0 Å². The zero-order chi connectivity index (χ0) is 13.0. The molecule has 96 valence electrons. The van der Waals surface area contributed by atoms with Crippen molar-refractivity contribution in [2.24, 2.45) is 0 Å². The van der Waals surface area contributed by atoms with E-state index in [2.05, 4.69) is 32.4 Å². The molecule has 1 fully saturated rings. The van der Waals surface area contributed by atoms with Crippen molar-refractivity contribution in [1.29, 1.82) is 0 Å². The summed E-state index contributed by atoms with van der Waals surface area (Å²) < 4.78 is 0.993. The first kappa shape index (κ1) is 13.2. The maximum Gasteiger partial charge on any atom is 0.246 e. The van der Waals surface area contributed by atoms with E-state index < -0.39 is 0 Å². The molecule has 2 rings (SSSR count). The fourth-order valence-electron chi connectivity index (χ4n) is 1.98. The number of carbonyl (C=O) groups is 1. The summed E-state index contributed by atoms with van der Waals surface area (Å²) in [5.41, 5.74) is 1.06. The molecular weight excluding hydrogens is 294 g/mol. The van der Waals surface area contributed by atoms with Gasteiger partial charge in [-0.3, -0.25) is 14.7 Å². The van der Waals surface area contributed by atoms with E-state index in [0.29, 0.717) is 0 Å². The number of piperazine rings is 1. The van der Waals surface area contributed by atoms with E-state index in [-0.39, 0.29) is 5.91 Å². The summed E-state index contributed by atoms with van der Waals surface area (Å²) in [5, 5.41) is 0. The van der Waals surface area contributed by atoms with Crippen LogP contribution in [-0.4, -0.2) is 46.9 Å². The first-order valence-corrected chi connectivity index (χ1v) is 6.72. The molecule has 0 spiro atoms. The SMILES string of the molecule is C=CC(=O)N1CCN(Cc2ccc(Br)cn2)CC1. The molecule has 0 N–H and O–H groups in total. The van der Waals surface area contributed by atoms with Crippen molar-refractivity contribution in [3.8, 4) is 0 Å². The Labute approximate surface area is 115 Å². The van der Waals surface area contributed by atoms with E-state index >= 15 is 0 Å². The summed E-state index contributed by atoms with van der Waals surface area (Å²) in [6, 6.07) is 4.02. The van der Waals surface area contributed by atoms with Gasteiger partial charge in [0, 0.05) is 43.4 Å². The minimum Gasteiger partial charge on any atom is -0.337 e. The Bertz CT molecular complexity index is 424. The first-order valence-electron chi connectivity index (χ1n) is 5.93. The number of nitrogens with zero attached hydrogens (tertiary/aromatic N) is 3. The number of hydrogen-bond donors (Lipinski definition) is 0. The highest BCUT2D eigenvalue weighted by Gasteiger charge is 2.19. The zero-order valence-electron chi connectivity index (χ0n) is 10.2. The normalized spacial score (nSPS) is 16.6. The predicted molar refractivity (Wildman–Crippen MR) is 74.0 cm³/mol. The van der Waals surface area contributed by atoms with E-state index in [1.807, 2.05) is 23.2 Å². The van der Waals surface area contributed by atoms with E-state index in [9.17, 15) is 4.79 Å². The molecule has 5 heteroatoms. The number of hydrogen-bond acceptors (Lipinski definition) is 3. The molecule has 0 radical (unpaired) electrons. The monoisotopic (exact) mass is 309 g/mol. The lowest BCUT2D eigenvalue weighted by atomic mass is 10.2. The molecule has 2 heterocycles. The van der Waals surface area contributed by atoms with Gasteiger partial charge in [-0.2, -0.15) is 0 Å². The van der Waals surface area contributed by atoms with Gasteiger partial charge in [0.1, 0.15) is 0 Å². The van der Waals surface area contributed by atoms with Crippen molar-refractivity contribution >= 4 is 21.8 Å². The van der Waals surface area contributed by atoms with E-state index in [4.69, 9.17) is 0 Å². The standard InChI is InChI=1S/C13H16BrN3O/c1-2-13(18)17-7-5-16(6-8-17)10-12-4-3-11(14)9-15-12/h2-4,9H,1,5-8,10H2. The smallest absolute Gasteiger partial charge is 0.246 e. The Hall–Kier alpha value is -1.20. The molecule has 0 unspecified atom stereocenters. The Morgan fingerprint density at radius 1 is 1.39 bits per heavy atom. The van der Waals surface area contributed by atoms with Gasteiger partial charge in [-0.05, 0) is 34.1 Å². The summed E-state index contributed by atoms with van der Waals surface area (Å²) in [7, 11) is 0. The Kier molecular flexibility index (Phi) is 4.49. The number of amides is 1. The molecule has 1 amide bonds. The number of rotatable bonds is 3. The van der Waals surface area contributed by atoms with Crippen LogP contribution in [0.5, 0.6) is 0 Å². The largest absolute Gasteiger partial charge is 0.337 e. The van der Waals surface area contributed by atoms with Crippen LogP contribution in [0.15, 0.2) is 35.5 Å². The van der Waals surface area contributed by atoms with Crippen molar-refractivity contribution in [3.05, 3.63) is 41.2 Å². The van der Waals surface area contributed by atoms with E-state index in [1.54, 1.807) is 0 Å². The molecule has 1 aliphatic heterocycles. The van der Waals surface area contributed by atoms with Crippen LogP contribution in [0.25, 0.3) is 0 Å². The Morgan fingerprint density at radius 3 is 2.67 bits per heavy atom. The highest BCUT2D eigenvalue weighted by Crippen LogP contribution is 2.10. The molecule has 0 aliphatic carbocycles. The quantitative estimate of drug-likeness (QED) is 0.797. The van der Waals surface area contributed by atoms with Gasteiger partial charge < -0.3 is 4.90 Å². The summed E-state index contributed by atoms with van der Waals surface area (Å²) in [6.07, 6.45) is 3.19. The van der Waals surface area contributed by atoms with Crippen molar-refractivity contribution in [3.63, 3.8) is 0 Å². The van der Waals surface area contributed by atoms with Gasteiger partial charge in [0.2, 0.25) is 5.91 Å². The van der Waals surface area contributed by atoms with Crippen LogP contribution in [-0.2, 0) is 11.3 Å². The third kappa shape index (κ3) is 3.40. The molecule has 0 bridgehead atoms. The third-order valence-corrected chi connectivity index (χ3v) is 3.50. The van der Waals surface area contributed by atoms with Crippen LogP contribution in [0.3, 0.4) is 0 Å². The third-order valence-electron chi connectivity index (χ3n) is 3.03. The molecule has 4 nitrogen and oxygen atoms in total. The van der Waals surface area contributed by atoms with Crippen LogP contribution >= 0.6 is 15.9 Å². The number of carbonyl (C=O) groups excluding carboxylic acids is 1.